The van der Waals surface area contributed by atoms with Crippen LogP contribution in [-0.2, 0) is 6.54 Å². The lowest BCUT2D eigenvalue weighted by Gasteiger charge is -2.18. The maximum atomic E-state index is 11.8. The van der Waals surface area contributed by atoms with Gasteiger partial charge >= 0.3 is 4.87 Å². The lowest BCUT2D eigenvalue weighted by Crippen LogP contribution is -2.23. The molecule has 1 heterocycles. The molecule has 0 bridgehead atoms. The molecule has 0 aliphatic rings. The predicted octanol–water partition coefficient (Wildman–Crippen LogP) is 4.24. The minimum Gasteiger partial charge on any atom is -0.312 e. The van der Waals surface area contributed by atoms with Gasteiger partial charge in [-0.3, -0.25) is 9.69 Å². The number of nitrogens with zero attached hydrogens (tertiary/aromatic N) is 1. The molecule has 2 rings (SSSR count). The van der Waals surface area contributed by atoms with Gasteiger partial charge in [-0.25, -0.2) is 0 Å². The van der Waals surface area contributed by atoms with E-state index in [-0.39, 0.29) is 4.87 Å². The van der Waals surface area contributed by atoms with Crippen LogP contribution in [0.4, 0.5) is 0 Å². The van der Waals surface area contributed by atoms with Crippen molar-refractivity contribution in [2.24, 2.45) is 0 Å². The van der Waals surface area contributed by atoms with Crippen LogP contribution in [0.2, 0.25) is 5.02 Å². The van der Waals surface area contributed by atoms with Gasteiger partial charge in [0.1, 0.15) is 0 Å². The molecule has 0 atom stereocenters. The van der Waals surface area contributed by atoms with Crippen LogP contribution in [0.5, 0.6) is 0 Å². The molecule has 0 spiro atoms. The van der Waals surface area contributed by atoms with Crippen LogP contribution in [0, 0.1) is 6.92 Å². The van der Waals surface area contributed by atoms with Crippen LogP contribution in [0.25, 0.3) is 11.3 Å². The van der Waals surface area contributed by atoms with E-state index in [9.17, 15) is 4.79 Å². The van der Waals surface area contributed by atoms with Crippen LogP contribution in [0.15, 0.2) is 48.3 Å². The lowest BCUT2D eigenvalue weighted by molar-refractivity contribution is 0.331. The third-order valence-corrected chi connectivity index (χ3v) is 4.43. The summed E-state index contributed by atoms with van der Waals surface area (Å²) >= 11 is 7.34. The monoisotopic (exact) mass is 334 g/mol. The molecule has 0 radical (unpaired) electrons. The second kappa shape index (κ2) is 7.58. The van der Waals surface area contributed by atoms with Crippen molar-refractivity contribution in [3.8, 4) is 11.3 Å². The number of aromatic amines is 1. The summed E-state index contributed by atoms with van der Waals surface area (Å²) in [5.74, 6) is 0. The fraction of sp³-hybridized carbons (Fsp3) is 0.235. The Bertz CT molecular complexity index is 723. The Morgan fingerprint density at radius 3 is 2.64 bits per heavy atom. The summed E-state index contributed by atoms with van der Waals surface area (Å²) in [5.41, 5.74) is 2.91. The van der Waals surface area contributed by atoms with Gasteiger partial charge in [-0.15, -0.1) is 13.2 Å². The van der Waals surface area contributed by atoms with Crippen molar-refractivity contribution in [2.45, 2.75) is 13.5 Å². The number of nitrogens with one attached hydrogen (secondary N) is 1. The van der Waals surface area contributed by atoms with Gasteiger partial charge in [-0.2, -0.15) is 0 Å². The van der Waals surface area contributed by atoms with E-state index in [1.54, 1.807) is 0 Å². The topological polar surface area (TPSA) is 36.1 Å². The van der Waals surface area contributed by atoms with Gasteiger partial charge in [0.15, 0.2) is 0 Å². The Labute approximate surface area is 139 Å². The zero-order valence-electron chi connectivity index (χ0n) is 12.6. The molecular weight excluding hydrogens is 316 g/mol. The second-order valence-corrected chi connectivity index (χ2v) is 6.55. The standard InChI is InChI=1S/C17H19ClN2OS/c1-4-8-20(9-5-2)11-15-16(19-17(21)22-15)14-10-13(18)7-6-12(14)3/h4-7,10H,1-2,8-9,11H2,3H3,(H,19,21). The van der Waals surface area contributed by atoms with Gasteiger partial charge in [0.05, 0.1) is 5.69 Å². The average Bonchev–Trinajstić information content (AvgIpc) is 2.82. The number of hydrogen-bond acceptors (Lipinski definition) is 3. The molecule has 0 saturated heterocycles. The second-order valence-electron chi connectivity index (χ2n) is 5.04. The van der Waals surface area contributed by atoms with Crippen molar-refractivity contribution in [1.29, 1.82) is 0 Å². The SMILES string of the molecule is C=CCN(CC=C)Cc1sc(=O)[nH]c1-c1cc(Cl)ccc1C. The number of hydrogen-bond donors (Lipinski definition) is 1. The van der Waals surface area contributed by atoms with Gasteiger partial charge < -0.3 is 4.98 Å². The number of aryl methyl sites for hydroxylation is 1. The fourth-order valence-corrected chi connectivity index (χ4v) is 3.38. The molecule has 1 aromatic heterocycles. The quantitative estimate of drug-likeness (QED) is 0.769. The Balaban J connectivity index is 2.41. The molecule has 0 fully saturated rings. The molecular formula is C17H19ClN2OS. The van der Waals surface area contributed by atoms with Gasteiger partial charge in [0.25, 0.3) is 0 Å². The summed E-state index contributed by atoms with van der Waals surface area (Å²) in [6.07, 6.45) is 3.70. The van der Waals surface area contributed by atoms with Crippen molar-refractivity contribution in [2.75, 3.05) is 13.1 Å². The number of aromatic nitrogens is 1. The fourth-order valence-electron chi connectivity index (χ4n) is 2.32. The highest BCUT2D eigenvalue weighted by molar-refractivity contribution is 7.09. The van der Waals surface area contributed by atoms with Gasteiger partial charge in [-0.05, 0) is 24.6 Å². The minimum absolute atomic E-state index is 0.0541. The zero-order chi connectivity index (χ0) is 16.1. The van der Waals surface area contributed by atoms with E-state index in [0.717, 1.165) is 34.8 Å². The molecule has 5 heteroatoms. The molecule has 22 heavy (non-hydrogen) atoms. The number of rotatable bonds is 7. The molecule has 1 aromatic carbocycles. The summed E-state index contributed by atoms with van der Waals surface area (Å²) in [4.78, 5) is 17.9. The lowest BCUT2D eigenvalue weighted by atomic mass is 10.0. The molecule has 0 aliphatic heterocycles. The van der Waals surface area contributed by atoms with Crippen LogP contribution in [0.3, 0.4) is 0 Å². The number of thiazole rings is 1. The van der Waals surface area contributed by atoms with E-state index in [1.165, 1.54) is 11.3 Å². The Morgan fingerprint density at radius 2 is 2.00 bits per heavy atom. The maximum absolute atomic E-state index is 11.8. The first kappa shape index (κ1) is 16.7. The number of H-pyrrole nitrogens is 1. The first-order valence-electron chi connectivity index (χ1n) is 6.97. The van der Waals surface area contributed by atoms with Crippen LogP contribution in [-0.4, -0.2) is 23.0 Å². The third-order valence-electron chi connectivity index (χ3n) is 3.33. The highest BCUT2D eigenvalue weighted by atomic mass is 35.5. The summed E-state index contributed by atoms with van der Waals surface area (Å²) in [6.45, 7) is 11.7. The predicted molar refractivity (Wildman–Crippen MR) is 95.8 cm³/mol. The van der Waals surface area contributed by atoms with E-state index in [4.69, 9.17) is 11.6 Å². The molecule has 0 unspecified atom stereocenters. The van der Waals surface area contributed by atoms with Crippen molar-refractivity contribution in [3.05, 3.63) is 68.6 Å². The number of halogens is 1. The first-order chi connectivity index (χ1) is 10.5. The summed E-state index contributed by atoms with van der Waals surface area (Å²) in [7, 11) is 0. The smallest absolute Gasteiger partial charge is 0.305 e. The molecule has 116 valence electrons. The molecule has 3 nitrogen and oxygen atoms in total. The molecule has 0 aliphatic carbocycles. The summed E-state index contributed by atoms with van der Waals surface area (Å²) < 4.78 is 0. The van der Waals surface area contributed by atoms with E-state index in [2.05, 4.69) is 23.0 Å². The number of benzene rings is 1. The summed E-state index contributed by atoms with van der Waals surface area (Å²) in [6, 6.07) is 5.71. The molecule has 0 amide bonds. The van der Waals surface area contributed by atoms with Crippen LogP contribution in [0.1, 0.15) is 10.4 Å². The van der Waals surface area contributed by atoms with Crippen molar-refractivity contribution in [1.82, 2.24) is 9.88 Å². The van der Waals surface area contributed by atoms with Gasteiger partial charge in [0, 0.05) is 35.1 Å². The highest BCUT2D eigenvalue weighted by Gasteiger charge is 2.15. The largest absolute Gasteiger partial charge is 0.312 e. The molecule has 1 N–H and O–H groups in total. The van der Waals surface area contributed by atoms with Crippen molar-refractivity contribution in [3.63, 3.8) is 0 Å². The Hall–Kier alpha value is -1.62. The maximum Gasteiger partial charge on any atom is 0.305 e. The average molecular weight is 335 g/mol. The molecule has 0 saturated carbocycles. The van der Waals surface area contributed by atoms with E-state index in [0.29, 0.717) is 11.6 Å². The van der Waals surface area contributed by atoms with Gasteiger partial charge in [-0.1, -0.05) is 41.2 Å². The third kappa shape index (κ3) is 3.97. The van der Waals surface area contributed by atoms with Gasteiger partial charge in [0.2, 0.25) is 0 Å². The van der Waals surface area contributed by atoms with Crippen molar-refractivity contribution < 1.29 is 0 Å². The highest BCUT2D eigenvalue weighted by Crippen LogP contribution is 2.29. The van der Waals surface area contributed by atoms with E-state index in [1.807, 2.05) is 37.3 Å². The zero-order valence-corrected chi connectivity index (χ0v) is 14.1. The first-order valence-corrected chi connectivity index (χ1v) is 8.17. The van der Waals surface area contributed by atoms with Crippen LogP contribution < -0.4 is 4.87 Å². The normalized spacial score (nSPS) is 10.9. The Morgan fingerprint density at radius 1 is 1.32 bits per heavy atom. The molecule has 2 aromatic rings. The van der Waals surface area contributed by atoms with Crippen molar-refractivity contribution >= 4 is 22.9 Å². The van der Waals surface area contributed by atoms with Crippen LogP contribution >= 0.6 is 22.9 Å². The van der Waals surface area contributed by atoms with E-state index >= 15 is 0 Å². The Kier molecular flexibility index (Phi) is 5.77. The minimum atomic E-state index is -0.0541. The summed E-state index contributed by atoms with van der Waals surface area (Å²) in [5, 5.41) is 0.660. The van der Waals surface area contributed by atoms with E-state index < -0.39 is 0 Å².